The second-order valence-electron chi connectivity index (χ2n) is 4.21. The van der Waals surface area contributed by atoms with Crippen LogP contribution in [0.15, 0.2) is 35.2 Å². The first-order valence-electron chi connectivity index (χ1n) is 5.71. The van der Waals surface area contributed by atoms with Gasteiger partial charge in [-0.3, -0.25) is 9.78 Å². The van der Waals surface area contributed by atoms with Gasteiger partial charge in [0.2, 0.25) is 0 Å². The monoisotopic (exact) mass is 276 g/mol. The van der Waals surface area contributed by atoms with Crippen molar-refractivity contribution < 1.29 is 9.18 Å². The van der Waals surface area contributed by atoms with Crippen LogP contribution >= 0.6 is 12.6 Å². The lowest BCUT2D eigenvalue weighted by molar-refractivity contribution is 0.102. The molecule has 2 rings (SSSR count). The van der Waals surface area contributed by atoms with Crippen LogP contribution < -0.4 is 5.32 Å². The first-order chi connectivity index (χ1) is 8.97. The normalized spacial score (nSPS) is 10.3. The predicted octanol–water partition coefficient (Wildman–Crippen LogP) is 3.38. The molecule has 2 aromatic rings. The fourth-order valence-corrected chi connectivity index (χ4v) is 1.88. The number of hydrogen-bond donors (Lipinski definition) is 2. The van der Waals surface area contributed by atoms with Crippen LogP contribution in [0.4, 0.5) is 10.1 Å². The van der Waals surface area contributed by atoms with E-state index in [0.717, 1.165) is 11.4 Å². The molecule has 1 aromatic heterocycles. The van der Waals surface area contributed by atoms with Gasteiger partial charge in [-0.25, -0.2) is 4.39 Å². The highest BCUT2D eigenvalue weighted by Crippen LogP contribution is 2.17. The van der Waals surface area contributed by atoms with Crippen LogP contribution in [-0.4, -0.2) is 10.9 Å². The third kappa shape index (κ3) is 3.12. The Kier molecular flexibility index (Phi) is 3.85. The zero-order valence-electron chi connectivity index (χ0n) is 10.6. The number of pyridine rings is 1. The van der Waals surface area contributed by atoms with E-state index in [1.165, 1.54) is 18.2 Å². The molecular weight excluding hydrogens is 263 g/mol. The van der Waals surface area contributed by atoms with Gasteiger partial charge in [-0.15, -0.1) is 12.6 Å². The largest absolute Gasteiger partial charge is 0.320 e. The molecule has 0 radical (unpaired) electrons. The number of amides is 1. The smallest absolute Gasteiger partial charge is 0.255 e. The Balaban J connectivity index is 2.23. The van der Waals surface area contributed by atoms with Crippen LogP contribution in [0.5, 0.6) is 0 Å². The molecule has 1 heterocycles. The molecule has 98 valence electrons. The summed E-state index contributed by atoms with van der Waals surface area (Å²) in [6, 6.07) is 7.64. The SMILES string of the molecule is Cc1ccc(NC(=O)c2ccc(F)c(S)c2)c(C)n1. The minimum Gasteiger partial charge on any atom is -0.320 e. The van der Waals surface area contributed by atoms with E-state index in [1.807, 2.05) is 19.9 Å². The third-order valence-corrected chi connectivity index (χ3v) is 3.02. The number of aromatic nitrogens is 1. The molecule has 1 aromatic carbocycles. The van der Waals surface area contributed by atoms with E-state index in [-0.39, 0.29) is 10.8 Å². The third-order valence-electron chi connectivity index (χ3n) is 2.68. The number of benzene rings is 1. The summed E-state index contributed by atoms with van der Waals surface area (Å²) >= 11 is 3.95. The summed E-state index contributed by atoms with van der Waals surface area (Å²) in [6.07, 6.45) is 0. The maximum atomic E-state index is 13.1. The van der Waals surface area contributed by atoms with E-state index in [1.54, 1.807) is 6.07 Å². The number of nitrogens with zero attached hydrogens (tertiary/aromatic N) is 1. The van der Waals surface area contributed by atoms with E-state index in [9.17, 15) is 9.18 Å². The van der Waals surface area contributed by atoms with Crippen molar-refractivity contribution in [3.63, 3.8) is 0 Å². The number of hydrogen-bond acceptors (Lipinski definition) is 3. The first kappa shape index (κ1) is 13.5. The van der Waals surface area contributed by atoms with Gasteiger partial charge in [0.1, 0.15) is 5.82 Å². The molecule has 0 atom stereocenters. The maximum Gasteiger partial charge on any atom is 0.255 e. The quantitative estimate of drug-likeness (QED) is 0.826. The van der Waals surface area contributed by atoms with Gasteiger partial charge in [0.05, 0.1) is 11.4 Å². The lowest BCUT2D eigenvalue weighted by Gasteiger charge is -2.09. The maximum absolute atomic E-state index is 13.1. The lowest BCUT2D eigenvalue weighted by Crippen LogP contribution is -2.13. The zero-order valence-corrected chi connectivity index (χ0v) is 11.5. The van der Waals surface area contributed by atoms with Crippen molar-refractivity contribution in [1.82, 2.24) is 4.98 Å². The number of anilines is 1. The molecule has 0 unspecified atom stereocenters. The van der Waals surface area contributed by atoms with Crippen molar-refractivity contribution in [1.29, 1.82) is 0 Å². The number of carbonyl (C=O) groups is 1. The average molecular weight is 276 g/mol. The predicted molar refractivity (Wildman–Crippen MR) is 75.3 cm³/mol. The Morgan fingerprint density at radius 1 is 1.26 bits per heavy atom. The highest BCUT2D eigenvalue weighted by molar-refractivity contribution is 7.80. The summed E-state index contributed by atoms with van der Waals surface area (Å²) in [5.41, 5.74) is 2.61. The number of thiol groups is 1. The molecule has 0 bridgehead atoms. The number of nitrogens with one attached hydrogen (secondary N) is 1. The Bertz CT molecular complexity index is 643. The molecule has 0 fully saturated rings. The van der Waals surface area contributed by atoms with Crippen molar-refractivity contribution in [2.24, 2.45) is 0 Å². The van der Waals surface area contributed by atoms with Gasteiger partial charge < -0.3 is 5.32 Å². The van der Waals surface area contributed by atoms with Crippen molar-refractivity contribution in [2.45, 2.75) is 18.7 Å². The highest BCUT2D eigenvalue weighted by atomic mass is 32.1. The molecule has 19 heavy (non-hydrogen) atoms. The molecule has 0 aliphatic carbocycles. The van der Waals surface area contributed by atoms with Crippen molar-refractivity contribution in [3.05, 3.63) is 53.1 Å². The van der Waals surface area contributed by atoms with Crippen LogP contribution in [0.2, 0.25) is 0 Å². The number of rotatable bonds is 2. The molecule has 1 amide bonds. The molecule has 1 N–H and O–H groups in total. The van der Waals surface area contributed by atoms with Crippen molar-refractivity contribution >= 4 is 24.2 Å². The van der Waals surface area contributed by atoms with Gasteiger partial charge >= 0.3 is 0 Å². The number of carbonyl (C=O) groups excluding carboxylic acids is 1. The van der Waals surface area contributed by atoms with E-state index >= 15 is 0 Å². The Hall–Kier alpha value is -1.88. The second-order valence-corrected chi connectivity index (χ2v) is 4.69. The summed E-state index contributed by atoms with van der Waals surface area (Å²) in [5, 5.41) is 2.74. The molecule has 3 nitrogen and oxygen atoms in total. The highest BCUT2D eigenvalue weighted by Gasteiger charge is 2.10. The van der Waals surface area contributed by atoms with Crippen LogP contribution in [0.3, 0.4) is 0 Å². The minimum atomic E-state index is -0.451. The molecule has 0 aliphatic heterocycles. The Morgan fingerprint density at radius 3 is 2.63 bits per heavy atom. The van der Waals surface area contributed by atoms with Gasteiger partial charge in [-0.2, -0.15) is 0 Å². The molecule has 0 saturated carbocycles. The fourth-order valence-electron chi connectivity index (χ4n) is 1.67. The van der Waals surface area contributed by atoms with E-state index in [4.69, 9.17) is 0 Å². The second kappa shape index (κ2) is 5.40. The Morgan fingerprint density at radius 2 is 2.00 bits per heavy atom. The van der Waals surface area contributed by atoms with Crippen molar-refractivity contribution in [2.75, 3.05) is 5.32 Å². The summed E-state index contributed by atoms with van der Waals surface area (Å²) in [4.78, 5) is 16.4. The summed E-state index contributed by atoms with van der Waals surface area (Å²) < 4.78 is 13.1. The van der Waals surface area contributed by atoms with Gasteiger partial charge in [0.25, 0.3) is 5.91 Å². The van der Waals surface area contributed by atoms with Crippen LogP contribution in [0.1, 0.15) is 21.7 Å². The van der Waals surface area contributed by atoms with Gasteiger partial charge in [0.15, 0.2) is 0 Å². The first-order valence-corrected chi connectivity index (χ1v) is 6.16. The van der Waals surface area contributed by atoms with E-state index in [2.05, 4.69) is 22.9 Å². The van der Waals surface area contributed by atoms with Gasteiger partial charge in [0, 0.05) is 16.2 Å². The molecule has 0 aliphatic rings. The number of aryl methyl sites for hydroxylation is 2. The fraction of sp³-hybridized carbons (Fsp3) is 0.143. The summed E-state index contributed by atoms with van der Waals surface area (Å²) in [6.45, 7) is 3.70. The van der Waals surface area contributed by atoms with Crippen LogP contribution in [0.25, 0.3) is 0 Å². The Labute approximate surface area is 116 Å². The molecule has 0 saturated heterocycles. The summed E-state index contributed by atoms with van der Waals surface area (Å²) in [5.74, 6) is -0.767. The van der Waals surface area contributed by atoms with Gasteiger partial charge in [-0.1, -0.05) is 0 Å². The van der Waals surface area contributed by atoms with Crippen LogP contribution in [-0.2, 0) is 0 Å². The standard InChI is InChI=1S/C14H13FN2OS/c1-8-3-6-12(9(2)16-8)17-14(18)10-4-5-11(15)13(19)7-10/h3-7,19H,1-2H3,(H,17,18). The summed E-state index contributed by atoms with van der Waals surface area (Å²) in [7, 11) is 0. The topological polar surface area (TPSA) is 42.0 Å². The molecule has 5 heteroatoms. The average Bonchev–Trinajstić information content (AvgIpc) is 2.36. The van der Waals surface area contributed by atoms with E-state index in [0.29, 0.717) is 11.3 Å². The zero-order chi connectivity index (χ0) is 14.0. The minimum absolute atomic E-state index is 0.145. The lowest BCUT2D eigenvalue weighted by atomic mass is 10.2. The molecule has 0 spiro atoms. The van der Waals surface area contributed by atoms with E-state index < -0.39 is 5.82 Å². The molecular formula is C14H13FN2OS. The van der Waals surface area contributed by atoms with Crippen molar-refractivity contribution in [3.8, 4) is 0 Å². The van der Waals surface area contributed by atoms with Gasteiger partial charge in [-0.05, 0) is 44.2 Å². The number of halogens is 1. The van der Waals surface area contributed by atoms with Crippen LogP contribution in [0, 0.1) is 19.7 Å².